The van der Waals surface area contributed by atoms with Crippen molar-refractivity contribution in [2.75, 3.05) is 39.8 Å². The van der Waals surface area contributed by atoms with Crippen molar-refractivity contribution in [1.82, 2.24) is 15.1 Å². The summed E-state index contributed by atoms with van der Waals surface area (Å²) in [5, 5.41) is 3.12. The average molecular weight is 240 g/mol. The van der Waals surface area contributed by atoms with Crippen LogP contribution in [0.15, 0.2) is 0 Å². The lowest BCUT2D eigenvalue weighted by Crippen LogP contribution is -2.43. The van der Waals surface area contributed by atoms with Crippen molar-refractivity contribution in [3.8, 4) is 0 Å². The first-order valence-corrected chi connectivity index (χ1v) is 6.64. The molecule has 2 unspecified atom stereocenters. The minimum atomic E-state index is 0.0941. The molecule has 3 N–H and O–H groups in total. The third kappa shape index (κ3) is 3.10. The second kappa shape index (κ2) is 5.69. The van der Waals surface area contributed by atoms with Crippen LogP contribution >= 0.6 is 0 Å². The number of carbonyl (C=O) groups is 1. The molecule has 2 rings (SSSR count). The minimum Gasteiger partial charge on any atom is -0.333 e. The van der Waals surface area contributed by atoms with E-state index in [2.05, 4.69) is 17.3 Å². The number of amides is 2. The topological polar surface area (TPSA) is 61.6 Å². The number of hydrogen-bond acceptors (Lipinski definition) is 3. The van der Waals surface area contributed by atoms with Crippen molar-refractivity contribution in [2.45, 2.75) is 25.3 Å². The van der Waals surface area contributed by atoms with Crippen molar-refractivity contribution in [3.05, 3.63) is 0 Å². The molecule has 0 bridgehead atoms. The van der Waals surface area contributed by atoms with Gasteiger partial charge in [0.1, 0.15) is 0 Å². The highest BCUT2D eigenvalue weighted by Crippen LogP contribution is 2.22. The van der Waals surface area contributed by atoms with Gasteiger partial charge in [-0.25, -0.2) is 4.79 Å². The lowest BCUT2D eigenvalue weighted by atomic mass is 9.91. The first-order chi connectivity index (χ1) is 8.20. The summed E-state index contributed by atoms with van der Waals surface area (Å²) in [6, 6.07) is 0.430. The van der Waals surface area contributed by atoms with Gasteiger partial charge in [0.15, 0.2) is 0 Å². The Balaban J connectivity index is 1.85. The van der Waals surface area contributed by atoms with Crippen LogP contribution < -0.4 is 11.1 Å². The molecule has 0 aliphatic carbocycles. The van der Waals surface area contributed by atoms with Crippen LogP contribution in [0.25, 0.3) is 0 Å². The van der Waals surface area contributed by atoms with Crippen LogP contribution in [0.5, 0.6) is 0 Å². The van der Waals surface area contributed by atoms with Gasteiger partial charge in [-0.05, 0) is 45.3 Å². The van der Waals surface area contributed by atoms with Crippen molar-refractivity contribution in [3.63, 3.8) is 0 Å². The zero-order valence-corrected chi connectivity index (χ0v) is 10.7. The molecule has 0 aromatic rings. The third-order valence-electron chi connectivity index (χ3n) is 3.88. The molecule has 17 heavy (non-hydrogen) atoms. The van der Waals surface area contributed by atoms with E-state index in [1.54, 1.807) is 0 Å². The molecule has 98 valence electrons. The molecule has 2 fully saturated rings. The van der Waals surface area contributed by atoms with E-state index in [9.17, 15) is 4.79 Å². The molecule has 5 heteroatoms. The maximum atomic E-state index is 11.8. The number of nitrogens with two attached hydrogens (primary N) is 1. The lowest BCUT2D eigenvalue weighted by molar-refractivity contribution is 0.180. The summed E-state index contributed by atoms with van der Waals surface area (Å²) in [7, 11) is 2.16. The molecule has 0 saturated carbocycles. The van der Waals surface area contributed by atoms with Crippen LogP contribution in [0, 0.1) is 5.92 Å². The van der Waals surface area contributed by atoms with Crippen molar-refractivity contribution >= 4 is 6.03 Å². The Kier molecular flexibility index (Phi) is 4.23. The number of nitrogens with zero attached hydrogens (tertiary/aromatic N) is 2. The Morgan fingerprint density at radius 2 is 2.29 bits per heavy atom. The quantitative estimate of drug-likeness (QED) is 0.731. The summed E-state index contributed by atoms with van der Waals surface area (Å²) < 4.78 is 0. The minimum absolute atomic E-state index is 0.0941. The van der Waals surface area contributed by atoms with E-state index in [-0.39, 0.29) is 6.03 Å². The van der Waals surface area contributed by atoms with Crippen molar-refractivity contribution in [1.29, 1.82) is 0 Å². The molecule has 2 amide bonds. The van der Waals surface area contributed by atoms with E-state index in [1.165, 1.54) is 19.4 Å². The van der Waals surface area contributed by atoms with Gasteiger partial charge >= 0.3 is 6.03 Å². The largest absolute Gasteiger partial charge is 0.333 e. The predicted molar refractivity (Wildman–Crippen MR) is 67.8 cm³/mol. The second-order valence-corrected chi connectivity index (χ2v) is 5.31. The van der Waals surface area contributed by atoms with Crippen LogP contribution in [-0.2, 0) is 0 Å². The SMILES string of the molecule is CN1CCCC(C2CN(CCCN)C(=O)N2)C1. The number of likely N-dealkylation sites (tertiary alicyclic amines) is 1. The number of piperidine rings is 1. The molecule has 2 heterocycles. The van der Waals surface area contributed by atoms with Gasteiger partial charge in [-0.2, -0.15) is 0 Å². The van der Waals surface area contributed by atoms with Gasteiger partial charge in [0.25, 0.3) is 0 Å². The Bertz CT molecular complexity index is 271. The molecule has 2 atom stereocenters. The molecule has 0 spiro atoms. The number of hydrogen-bond donors (Lipinski definition) is 2. The van der Waals surface area contributed by atoms with Gasteiger partial charge in [0.2, 0.25) is 0 Å². The fourth-order valence-electron chi connectivity index (χ4n) is 2.89. The number of nitrogens with one attached hydrogen (secondary N) is 1. The Hall–Kier alpha value is -0.810. The maximum Gasteiger partial charge on any atom is 0.317 e. The Labute approximate surface area is 103 Å². The summed E-state index contributed by atoms with van der Waals surface area (Å²) >= 11 is 0. The smallest absolute Gasteiger partial charge is 0.317 e. The first kappa shape index (κ1) is 12.6. The second-order valence-electron chi connectivity index (χ2n) is 5.31. The molecular weight excluding hydrogens is 216 g/mol. The lowest BCUT2D eigenvalue weighted by Gasteiger charge is -2.32. The van der Waals surface area contributed by atoms with Crippen LogP contribution in [0.1, 0.15) is 19.3 Å². The average Bonchev–Trinajstić information content (AvgIpc) is 2.68. The molecule has 0 aromatic heterocycles. The molecule has 2 aliphatic heterocycles. The normalized spacial score (nSPS) is 30.7. The van der Waals surface area contributed by atoms with E-state index in [0.717, 1.165) is 26.1 Å². The highest BCUT2D eigenvalue weighted by atomic mass is 16.2. The number of urea groups is 1. The summed E-state index contributed by atoms with van der Waals surface area (Å²) in [5.74, 6) is 0.612. The zero-order chi connectivity index (χ0) is 12.3. The molecule has 0 radical (unpaired) electrons. The van der Waals surface area contributed by atoms with Gasteiger partial charge in [-0.3, -0.25) is 0 Å². The summed E-state index contributed by atoms with van der Waals surface area (Å²) in [4.78, 5) is 16.0. The van der Waals surface area contributed by atoms with E-state index < -0.39 is 0 Å². The van der Waals surface area contributed by atoms with Crippen LogP contribution in [0.4, 0.5) is 4.79 Å². The summed E-state index contributed by atoms with van der Waals surface area (Å²) in [6.07, 6.45) is 3.38. The molecule has 5 nitrogen and oxygen atoms in total. The maximum absolute atomic E-state index is 11.8. The van der Waals surface area contributed by atoms with Gasteiger partial charge < -0.3 is 20.9 Å². The van der Waals surface area contributed by atoms with E-state index >= 15 is 0 Å². The molecule has 2 aliphatic rings. The fraction of sp³-hybridized carbons (Fsp3) is 0.917. The fourth-order valence-corrected chi connectivity index (χ4v) is 2.89. The van der Waals surface area contributed by atoms with Gasteiger partial charge in [-0.1, -0.05) is 0 Å². The van der Waals surface area contributed by atoms with Crippen molar-refractivity contribution in [2.24, 2.45) is 11.7 Å². The van der Waals surface area contributed by atoms with Crippen molar-refractivity contribution < 1.29 is 4.79 Å². The first-order valence-electron chi connectivity index (χ1n) is 6.64. The zero-order valence-electron chi connectivity index (χ0n) is 10.7. The predicted octanol–water partition coefficient (Wildman–Crippen LogP) is 0.0708. The summed E-state index contributed by atoms with van der Waals surface area (Å²) in [5.41, 5.74) is 5.48. The highest BCUT2D eigenvalue weighted by molar-refractivity contribution is 5.76. The standard InChI is InChI=1S/C12H24N4O/c1-15-6-2-4-10(8-15)11-9-16(7-3-5-13)12(17)14-11/h10-11H,2-9,13H2,1H3,(H,14,17). The highest BCUT2D eigenvalue weighted by Gasteiger charge is 2.35. The monoisotopic (exact) mass is 240 g/mol. The van der Waals surface area contributed by atoms with Gasteiger partial charge in [0, 0.05) is 19.6 Å². The molecule has 2 saturated heterocycles. The summed E-state index contributed by atoms with van der Waals surface area (Å²) in [6.45, 7) is 4.60. The van der Waals surface area contributed by atoms with Crippen LogP contribution in [-0.4, -0.2) is 61.6 Å². The van der Waals surface area contributed by atoms with E-state index in [0.29, 0.717) is 18.5 Å². The van der Waals surface area contributed by atoms with E-state index in [4.69, 9.17) is 5.73 Å². The van der Waals surface area contributed by atoms with Crippen LogP contribution in [0.3, 0.4) is 0 Å². The molecular formula is C12H24N4O. The number of carbonyl (C=O) groups excluding carboxylic acids is 1. The Morgan fingerprint density at radius 1 is 1.47 bits per heavy atom. The van der Waals surface area contributed by atoms with Gasteiger partial charge in [-0.15, -0.1) is 0 Å². The number of rotatable bonds is 4. The molecule has 0 aromatic carbocycles. The van der Waals surface area contributed by atoms with Crippen LogP contribution in [0.2, 0.25) is 0 Å². The Morgan fingerprint density at radius 3 is 3.00 bits per heavy atom. The van der Waals surface area contributed by atoms with Gasteiger partial charge in [0.05, 0.1) is 6.04 Å². The third-order valence-corrected chi connectivity index (χ3v) is 3.88. The van der Waals surface area contributed by atoms with E-state index in [1.807, 2.05) is 4.90 Å².